The van der Waals surface area contributed by atoms with Crippen molar-refractivity contribution >= 4 is 23.2 Å². The number of carbonyl (C=O) groups excluding carboxylic acids is 1. The molecule has 0 bridgehead atoms. The van der Waals surface area contributed by atoms with Crippen LogP contribution in [0.4, 0.5) is 14.5 Å². The van der Waals surface area contributed by atoms with Crippen LogP contribution in [0, 0.1) is 11.6 Å². The number of nitrogens with zero attached hydrogens (tertiary/aromatic N) is 1. The van der Waals surface area contributed by atoms with Gasteiger partial charge < -0.3 is 9.73 Å². The van der Waals surface area contributed by atoms with Crippen LogP contribution in [-0.4, -0.2) is 10.9 Å². The summed E-state index contributed by atoms with van der Waals surface area (Å²) in [6.07, 6.45) is 1.55. The van der Waals surface area contributed by atoms with Crippen LogP contribution in [0.2, 0.25) is 5.02 Å². The molecule has 1 aromatic heterocycles. The zero-order valence-electron chi connectivity index (χ0n) is 14.8. The van der Waals surface area contributed by atoms with Crippen LogP contribution < -0.4 is 5.32 Å². The number of amides is 1. The van der Waals surface area contributed by atoms with Crippen LogP contribution in [0.3, 0.4) is 0 Å². The van der Waals surface area contributed by atoms with Gasteiger partial charge in [-0.2, -0.15) is 0 Å². The molecule has 3 aromatic carbocycles. The summed E-state index contributed by atoms with van der Waals surface area (Å²) in [5, 5.41) is 3.04. The fourth-order valence-electron chi connectivity index (χ4n) is 2.79. The van der Waals surface area contributed by atoms with Crippen LogP contribution >= 0.6 is 11.6 Å². The maximum absolute atomic E-state index is 13.9. The van der Waals surface area contributed by atoms with E-state index >= 15 is 0 Å². The summed E-state index contributed by atoms with van der Waals surface area (Å²) in [4.78, 5) is 17.0. The summed E-state index contributed by atoms with van der Waals surface area (Å²) in [6.45, 7) is 0. The average Bonchev–Trinajstić information content (AvgIpc) is 3.20. The highest BCUT2D eigenvalue weighted by Gasteiger charge is 2.18. The van der Waals surface area contributed by atoms with E-state index in [4.69, 9.17) is 16.0 Å². The molecule has 29 heavy (non-hydrogen) atoms. The van der Waals surface area contributed by atoms with Gasteiger partial charge in [-0.05, 0) is 48.5 Å². The third-order valence-corrected chi connectivity index (χ3v) is 4.47. The lowest BCUT2D eigenvalue weighted by atomic mass is 10.1. The van der Waals surface area contributed by atoms with E-state index in [0.717, 1.165) is 17.7 Å². The Morgan fingerprint density at radius 1 is 1.00 bits per heavy atom. The topological polar surface area (TPSA) is 55.1 Å². The number of anilines is 1. The van der Waals surface area contributed by atoms with Gasteiger partial charge in [0.25, 0.3) is 5.91 Å². The molecule has 144 valence electrons. The second kappa shape index (κ2) is 7.85. The standard InChI is InChI=1S/C22H13ClF2N2O2/c23-14-7-5-13(6-8-14)20-12-26-22(29-20)17-4-2-1-3-16(17)21(28)27-19-10-9-15(24)11-18(19)25/h1-12H,(H,27,28). The highest BCUT2D eigenvalue weighted by molar-refractivity contribution is 6.30. The Bertz CT molecular complexity index is 1190. The van der Waals surface area contributed by atoms with Crippen molar-refractivity contribution in [2.24, 2.45) is 0 Å². The summed E-state index contributed by atoms with van der Waals surface area (Å²) >= 11 is 5.90. The Morgan fingerprint density at radius 3 is 2.52 bits per heavy atom. The summed E-state index contributed by atoms with van der Waals surface area (Å²) in [5.74, 6) is -1.42. The lowest BCUT2D eigenvalue weighted by molar-refractivity contribution is 0.102. The quantitative estimate of drug-likeness (QED) is 0.436. The zero-order valence-corrected chi connectivity index (χ0v) is 15.6. The second-order valence-electron chi connectivity index (χ2n) is 6.16. The first-order chi connectivity index (χ1) is 14.0. The van der Waals surface area contributed by atoms with Gasteiger partial charge in [0.05, 0.1) is 17.4 Å². The summed E-state index contributed by atoms with van der Waals surface area (Å²) in [5.41, 5.74) is 1.33. The van der Waals surface area contributed by atoms with Gasteiger partial charge in [-0.1, -0.05) is 23.7 Å². The number of oxazole rings is 1. The van der Waals surface area contributed by atoms with Crippen molar-refractivity contribution in [3.8, 4) is 22.8 Å². The molecule has 0 saturated carbocycles. The van der Waals surface area contributed by atoms with E-state index in [-0.39, 0.29) is 17.1 Å². The van der Waals surface area contributed by atoms with Gasteiger partial charge in [-0.3, -0.25) is 4.79 Å². The number of carbonyl (C=O) groups is 1. The van der Waals surface area contributed by atoms with Crippen molar-refractivity contribution in [1.82, 2.24) is 4.98 Å². The summed E-state index contributed by atoms with van der Waals surface area (Å²) in [6, 6.07) is 16.6. The van der Waals surface area contributed by atoms with E-state index in [1.54, 1.807) is 54.7 Å². The lowest BCUT2D eigenvalue weighted by Gasteiger charge is -2.09. The van der Waals surface area contributed by atoms with Crippen molar-refractivity contribution in [3.05, 3.63) is 95.1 Å². The van der Waals surface area contributed by atoms with Gasteiger partial charge in [0.15, 0.2) is 5.76 Å². The molecular weight excluding hydrogens is 398 g/mol. The largest absolute Gasteiger partial charge is 0.436 e. The van der Waals surface area contributed by atoms with Crippen LogP contribution in [0.1, 0.15) is 10.4 Å². The van der Waals surface area contributed by atoms with Crippen LogP contribution in [-0.2, 0) is 0 Å². The maximum Gasteiger partial charge on any atom is 0.256 e. The SMILES string of the molecule is O=C(Nc1ccc(F)cc1F)c1ccccc1-c1ncc(-c2ccc(Cl)cc2)o1. The highest BCUT2D eigenvalue weighted by atomic mass is 35.5. The normalized spacial score (nSPS) is 10.7. The molecule has 4 nitrogen and oxygen atoms in total. The van der Waals surface area contributed by atoms with Gasteiger partial charge >= 0.3 is 0 Å². The van der Waals surface area contributed by atoms with Crippen LogP contribution in [0.15, 0.2) is 77.3 Å². The van der Waals surface area contributed by atoms with E-state index in [1.807, 2.05) is 0 Å². The maximum atomic E-state index is 13.9. The van der Waals surface area contributed by atoms with Gasteiger partial charge in [0.1, 0.15) is 11.6 Å². The minimum atomic E-state index is -0.864. The summed E-state index contributed by atoms with van der Waals surface area (Å²) in [7, 11) is 0. The zero-order chi connectivity index (χ0) is 20.4. The number of rotatable bonds is 4. The van der Waals surface area contributed by atoms with E-state index in [1.165, 1.54) is 0 Å². The fourth-order valence-corrected chi connectivity index (χ4v) is 2.92. The molecular formula is C22H13ClF2N2O2. The Morgan fingerprint density at radius 2 is 1.76 bits per heavy atom. The molecule has 0 atom stereocenters. The van der Waals surface area contributed by atoms with Crippen molar-refractivity contribution in [2.75, 3.05) is 5.32 Å². The van der Waals surface area contributed by atoms with E-state index in [9.17, 15) is 13.6 Å². The van der Waals surface area contributed by atoms with Crippen LogP contribution in [0.25, 0.3) is 22.8 Å². The number of aromatic nitrogens is 1. The van der Waals surface area contributed by atoms with Gasteiger partial charge in [0.2, 0.25) is 5.89 Å². The molecule has 4 aromatic rings. The number of benzene rings is 3. The average molecular weight is 411 g/mol. The minimum absolute atomic E-state index is 0.125. The molecule has 1 heterocycles. The van der Waals surface area contributed by atoms with Gasteiger partial charge in [0, 0.05) is 22.2 Å². The van der Waals surface area contributed by atoms with Crippen LogP contribution in [0.5, 0.6) is 0 Å². The Balaban J connectivity index is 1.65. The first-order valence-electron chi connectivity index (χ1n) is 8.59. The Labute approximate surface area is 169 Å². The lowest BCUT2D eigenvalue weighted by Crippen LogP contribution is -2.14. The smallest absolute Gasteiger partial charge is 0.256 e. The van der Waals surface area contributed by atoms with Gasteiger partial charge in [-0.15, -0.1) is 0 Å². The monoisotopic (exact) mass is 410 g/mol. The predicted octanol–water partition coefficient (Wildman–Crippen LogP) is 6.19. The Kier molecular flexibility index (Phi) is 5.10. The van der Waals surface area contributed by atoms with E-state index < -0.39 is 17.5 Å². The molecule has 1 amide bonds. The fraction of sp³-hybridized carbons (Fsp3) is 0. The van der Waals surface area contributed by atoms with Crippen molar-refractivity contribution < 1.29 is 18.0 Å². The molecule has 0 radical (unpaired) electrons. The number of halogens is 3. The van der Waals surface area contributed by atoms with Crippen molar-refractivity contribution in [2.45, 2.75) is 0 Å². The second-order valence-corrected chi connectivity index (χ2v) is 6.60. The number of hydrogen-bond donors (Lipinski definition) is 1. The highest BCUT2D eigenvalue weighted by Crippen LogP contribution is 2.29. The molecule has 0 spiro atoms. The predicted molar refractivity (Wildman–Crippen MR) is 107 cm³/mol. The van der Waals surface area contributed by atoms with E-state index in [2.05, 4.69) is 10.3 Å². The molecule has 0 aliphatic rings. The Hall–Kier alpha value is -3.51. The molecule has 0 aliphatic heterocycles. The molecule has 0 aliphatic carbocycles. The molecule has 0 unspecified atom stereocenters. The molecule has 1 N–H and O–H groups in total. The van der Waals surface area contributed by atoms with Crippen molar-refractivity contribution in [3.63, 3.8) is 0 Å². The third-order valence-electron chi connectivity index (χ3n) is 4.22. The number of nitrogens with one attached hydrogen (secondary N) is 1. The number of hydrogen-bond acceptors (Lipinski definition) is 3. The molecule has 4 rings (SSSR count). The molecule has 0 saturated heterocycles. The van der Waals surface area contributed by atoms with Gasteiger partial charge in [-0.25, -0.2) is 13.8 Å². The minimum Gasteiger partial charge on any atom is -0.436 e. The molecule has 0 fully saturated rings. The first kappa shape index (κ1) is 18.8. The third kappa shape index (κ3) is 4.02. The summed E-state index contributed by atoms with van der Waals surface area (Å²) < 4.78 is 32.8. The first-order valence-corrected chi connectivity index (χ1v) is 8.96. The molecule has 7 heteroatoms. The van der Waals surface area contributed by atoms with Crippen molar-refractivity contribution in [1.29, 1.82) is 0 Å². The van der Waals surface area contributed by atoms with E-state index in [0.29, 0.717) is 22.4 Å².